The summed E-state index contributed by atoms with van der Waals surface area (Å²) in [6.07, 6.45) is 3.85. The number of aromatic amines is 1. The van der Waals surface area contributed by atoms with Gasteiger partial charge < -0.3 is 4.98 Å². The highest BCUT2D eigenvalue weighted by molar-refractivity contribution is 5.61. The number of aromatic nitrogens is 4. The molecule has 0 radical (unpaired) electrons. The maximum absolute atomic E-state index is 13.9. The number of benzene rings is 1. The van der Waals surface area contributed by atoms with Crippen LogP contribution < -0.4 is 5.69 Å². The zero-order valence-electron chi connectivity index (χ0n) is 11.3. The molecule has 0 amide bonds. The van der Waals surface area contributed by atoms with Gasteiger partial charge in [0.25, 0.3) is 0 Å². The third-order valence-electron chi connectivity index (χ3n) is 3.91. The van der Waals surface area contributed by atoms with E-state index in [0.29, 0.717) is 11.2 Å². The maximum atomic E-state index is 13.9. The Morgan fingerprint density at radius 2 is 2.00 bits per heavy atom. The lowest BCUT2D eigenvalue weighted by Crippen LogP contribution is -2.23. The second kappa shape index (κ2) is 4.51. The quantitative estimate of drug-likeness (QED) is 0.744. The fourth-order valence-corrected chi connectivity index (χ4v) is 2.88. The van der Waals surface area contributed by atoms with E-state index in [1.165, 1.54) is 10.6 Å². The van der Waals surface area contributed by atoms with Gasteiger partial charge in [0, 0.05) is 11.3 Å². The second-order valence-corrected chi connectivity index (χ2v) is 5.25. The van der Waals surface area contributed by atoms with E-state index in [9.17, 15) is 9.18 Å². The SMILES string of the molecule is O=c1[nH]c2c(c3nc(-c4ccccc4F)nn13)CCCC2. The molecule has 21 heavy (non-hydrogen) atoms. The van der Waals surface area contributed by atoms with Crippen LogP contribution in [-0.2, 0) is 12.8 Å². The highest BCUT2D eigenvalue weighted by atomic mass is 19.1. The molecule has 4 rings (SSSR count). The summed E-state index contributed by atoms with van der Waals surface area (Å²) >= 11 is 0. The highest BCUT2D eigenvalue weighted by Crippen LogP contribution is 2.24. The third-order valence-corrected chi connectivity index (χ3v) is 3.91. The molecule has 1 aliphatic carbocycles. The van der Waals surface area contributed by atoms with Crippen molar-refractivity contribution in [2.45, 2.75) is 25.7 Å². The molecule has 0 spiro atoms. The van der Waals surface area contributed by atoms with Crippen LogP contribution in [0.4, 0.5) is 4.39 Å². The van der Waals surface area contributed by atoms with Crippen LogP contribution in [0.3, 0.4) is 0 Å². The van der Waals surface area contributed by atoms with Gasteiger partial charge in [-0.05, 0) is 37.8 Å². The third kappa shape index (κ3) is 1.86. The van der Waals surface area contributed by atoms with Gasteiger partial charge >= 0.3 is 5.69 Å². The monoisotopic (exact) mass is 284 g/mol. The van der Waals surface area contributed by atoms with Gasteiger partial charge in [0.1, 0.15) is 5.82 Å². The number of hydrogen-bond donors (Lipinski definition) is 1. The molecule has 0 saturated heterocycles. The van der Waals surface area contributed by atoms with Gasteiger partial charge in [0.15, 0.2) is 11.5 Å². The first-order valence-electron chi connectivity index (χ1n) is 7.00. The fraction of sp³-hybridized carbons (Fsp3) is 0.267. The van der Waals surface area contributed by atoms with Crippen LogP contribution in [0, 0.1) is 5.82 Å². The Hall–Kier alpha value is -2.50. The smallest absolute Gasteiger partial charge is 0.309 e. The number of aryl methyl sites for hydroxylation is 2. The van der Waals surface area contributed by atoms with Gasteiger partial charge in [-0.25, -0.2) is 14.2 Å². The van der Waals surface area contributed by atoms with Crippen molar-refractivity contribution in [2.24, 2.45) is 0 Å². The van der Waals surface area contributed by atoms with E-state index >= 15 is 0 Å². The van der Waals surface area contributed by atoms with Crippen molar-refractivity contribution < 1.29 is 4.39 Å². The van der Waals surface area contributed by atoms with Crippen molar-refractivity contribution >= 4 is 5.65 Å². The predicted molar refractivity (Wildman–Crippen MR) is 75.6 cm³/mol. The molecular weight excluding hydrogens is 271 g/mol. The summed E-state index contributed by atoms with van der Waals surface area (Å²) in [7, 11) is 0. The van der Waals surface area contributed by atoms with Gasteiger partial charge in [-0.1, -0.05) is 12.1 Å². The van der Waals surface area contributed by atoms with E-state index in [1.807, 2.05) is 0 Å². The first kappa shape index (κ1) is 12.3. The molecule has 3 aromatic rings. The summed E-state index contributed by atoms with van der Waals surface area (Å²) in [5.74, 6) is -0.142. The zero-order chi connectivity index (χ0) is 14.4. The Morgan fingerprint density at radius 1 is 1.19 bits per heavy atom. The molecular formula is C15H13FN4O. The summed E-state index contributed by atoms with van der Waals surface area (Å²) in [5.41, 5.74) is 2.50. The minimum absolute atomic E-state index is 0.248. The minimum Gasteiger partial charge on any atom is -0.309 e. The maximum Gasteiger partial charge on any atom is 0.348 e. The Bertz CT molecular complexity index is 896. The lowest BCUT2D eigenvalue weighted by molar-refractivity contribution is 0.629. The average Bonchev–Trinajstić information content (AvgIpc) is 2.94. The van der Waals surface area contributed by atoms with Crippen LogP contribution in [-0.4, -0.2) is 19.6 Å². The summed E-state index contributed by atoms with van der Waals surface area (Å²) in [6.45, 7) is 0. The fourth-order valence-electron chi connectivity index (χ4n) is 2.88. The standard InChI is InChI=1S/C15H13FN4O/c16-11-7-3-1-5-9(11)13-18-14-10-6-2-4-8-12(10)17-15(21)20(14)19-13/h1,3,5,7H,2,4,6,8H2,(H,17,21). The van der Waals surface area contributed by atoms with Crippen molar-refractivity contribution in [3.63, 3.8) is 0 Å². The van der Waals surface area contributed by atoms with E-state index in [1.54, 1.807) is 18.2 Å². The topological polar surface area (TPSA) is 63.0 Å². The molecule has 0 atom stereocenters. The van der Waals surface area contributed by atoms with E-state index < -0.39 is 5.82 Å². The predicted octanol–water partition coefficient (Wildman–Crippen LogP) is 2.10. The molecule has 0 bridgehead atoms. The first-order chi connectivity index (χ1) is 10.2. The molecule has 5 nitrogen and oxygen atoms in total. The molecule has 0 saturated carbocycles. The van der Waals surface area contributed by atoms with Crippen molar-refractivity contribution in [3.05, 3.63) is 51.8 Å². The molecule has 2 aromatic heterocycles. The summed E-state index contributed by atoms with van der Waals surface area (Å²) in [5, 5.41) is 4.17. The van der Waals surface area contributed by atoms with Crippen molar-refractivity contribution in [2.75, 3.05) is 0 Å². The molecule has 6 heteroatoms. The van der Waals surface area contributed by atoms with Crippen LogP contribution in [0.2, 0.25) is 0 Å². The van der Waals surface area contributed by atoms with Crippen LogP contribution in [0.5, 0.6) is 0 Å². The lowest BCUT2D eigenvalue weighted by Gasteiger charge is -2.14. The van der Waals surface area contributed by atoms with Crippen LogP contribution in [0.25, 0.3) is 17.0 Å². The molecule has 1 aromatic carbocycles. The molecule has 106 valence electrons. The number of rotatable bonds is 1. The van der Waals surface area contributed by atoms with E-state index in [2.05, 4.69) is 15.1 Å². The summed E-state index contributed by atoms with van der Waals surface area (Å²) in [6, 6.07) is 6.32. The van der Waals surface area contributed by atoms with Crippen molar-refractivity contribution in [1.29, 1.82) is 0 Å². The Labute approximate surface area is 119 Å². The Morgan fingerprint density at radius 3 is 2.86 bits per heavy atom. The molecule has 0 unspecified atom stereocenters. The molecule has 1 N–H and O–H groups in total. The highest BCUT2D eigenvalue weighted by Gasteiger charge is 2.19. The van der Waals surface area contributed by atoms with Crippen LogP contribution in [0.15, 0.2) is 29.1 Å². The zero-order valence-corrected chi connectivity index (χ0v) is 11.3. The van der Waals surface area contributed by atoms with Gasteiger partial charge in [-0.15, -0.1) is 5.10 Å². The Balaban J connectivity index is 2.00. The Kier molecular flexibility index (Phi) is 2.63. The van der Waals surface area contributed by atoms with Crippen LogP contribution >= 0.6 is 0 Å². The van der Waals surface area contributed by atoms with E-state index in [4.69, 9.17) is 0 Å². The number of H-pyrrole nitrogens is 1. The number of hydrogen-bond acceptors (Lipinski definition) is 3. The van der Waals surface area contributed by atoms with E-state index in [0.717, 1.165) is 36.9 Å². The van der Waals surface area contributed by atoms with Crippen LogP contribution in [0.1, 0.15) is 24.1 Å². The summed E-state index contributed by atoms with van der Waals surface area (Å²) in [4.78, 5) is 19.4. The molecule has 0 fully saturated rings. The number of fused-ring (bicyclic) bond motifs is 3. The number of nitrogens with zero attached hydrogens (tertiary/aromatic N) is 3. The van der Waals surface area contributed by atoms with Gasteiger partial charge in [0.2, 0.25) is 0 Å². The second-order valence-electron chi connectivity index (χ2n) is 5.25. The number of nitrogens with one attached hydrogen (secondary N) is 1. The van der Waals surface area contributed by atoms with Crippen molar-refractivity contribution in [1.82, 2.24) is 19.6 Å². The lowest BCUT2D eigenvalue weighted by atomic mass is 9.97. The normalized spacial score (nSPS) is 14.3. The van der Waals surface area contributed by atoms with Gasteiger partial charge in [-0.2, -0.15) is 4.52 Å². The van der Waals surface area contributed by atoms with E-state index in [-0.39, 0.29) is 11.5 Å². The van der Waals surface area contributed by atoms with Crippen molar-refractivity contribution in [3.8, 4) is 11.4 Å². The molecule has 1 aliphatic rings. The molecule has 2 heterocycles. The van der Waals surface area contributed by atoms with Gasteiger partial charge in [-0.3, -0.25) is 0 Å². The average molecular weight is 284 g/mol. The number of halogens is 1. The minimum atomic E-state index is -0.390. The molecule has 0 aliphatic heterocycles. The largest absolute Gasteiger partial charge is 0.348 e. The summed E-state index contributed by atoms with van der Waals surface area (Å²) < 4.78 is 15.1. The first-order valence-corrected chi connectivity index (χ1v) is 7.00. The van der Waals surface area contributed by atoms with Gasteiger partial charge in [0.05, 0.1) is 5.56 Å².